The molecule has 0 aliphatic carbocycles. The van der Waals surface area contributed by atoms with E-state index in [1.165, 1.54) is 4.90 Å². The van der Waals surface area contributed by atoms with Crippen LogP contribution in [0, 0.1) is 0 Å². The number of hydrogen-bond acceptors (Lipinski definition) is 2. The summed E-state index contributed by atoms with van der Waals surface area (Å²) in [6, 6.07) is 10.8. The maximum atomic E-state index is 6.82. The summed E-state index contributed by atoms with van der Waals surface area (Å²) in [5.41, 5.74) is 0.273. The molecule has 1 aliphatic heterocycles. The molecule has 0 atom stereocenters. The van der Waals surface area contributed by atoms with Crippen LogP contribution in [-0.4, -0.2) is 31.5 Å². The predicted molar refractivity (Wildman–Crippen MR) is 86.9 cm³/mol. The fourth-order valence-electron chi connectivity index (χ4n) is 2.10. The van der Waals surface area contributed by atoms with Crippen molar-refractivity contribution in [2.24, 2.45) is 0 Å². The standard InChI is InChI=1S/C14H23ClGeN2S/c1-13(2,3)17-16(15)18(14(4,5)6)19(17)12-10-8-7-9-11-12/h7-11H,1-6H3/q+1. The van der Waals surface area contributed by atoms with E-state index in [1.807, 2.05) is 0 Å². The van der Waals surface area contributed by atoms with Crippen LogP contribution < -0.4 is 0 Å². The number of nitrogens with zero attached hydrogens (tertiary/aromatic N) is 2. The molecule has 2 rings (SSSR count). The molecule has 0 N–H and O–H groups in total. The quantitative estimate of drug-likeness (QED) is 0.554. The van der Waals surface area contributed by atoms with E-state index in [0.29, 0.717) is 0 Å². The Labute approximate surface area is 129 Å². The number of rotatable bonds is 1. The average Bonchev–Trinajstić information content (AvgIpc) is 2.22. The third kappa shape index (κ3) is 3.00. The Hall–Kier alpha value is 0.323. The Kier molecular flexibility index (Phi) is 4.35. The van der Waals surface area contributed by atoms with Crippen molar-refractivity contribution in [3.63, 3.8) is 0 Å². The third-order valence-corrected chi connectivity index (χ3v) is 16.3. The van der Waals surface area contributed by atoms with Crippen LogP contribution in [0.2, 0.25) is 0 Å². The Bertz CT molecular complexity index is 419. The van der Waals surface area contributed by atoms with Crippen LogP contribution in [0.5, 0.6) is 0 Å². The summed E-state index contributed by atoms with van der Waals surface area (Å²) in [5.74, 6) is 0. The van der Waals surface area contributed by atoms with Gasteiger partial charge < -0.3 is 0 Å². The van der Waals surface area contributed by atoms with Crippen molar-refractivity contribution in [3.05, 3.63) is 30.3 Å². The summed E-state index contributed by atoms with van der Waals surface area (Å²) in [6.45, 7) is 13.6. The van der Waals surface area contributed by atoms with E-state index < -0.39 is 13.9 Å². The first kappa shape index (κ1) is 15.7. The van der Waals surface area contributed by atoms with Gasteiger partial charge >= 0.3 is 130 Å². The van der Waals surface area contributed by atoms with Crippen LogP contribution in [0.1, 0.15) is 41.5 Å². The van der Waals surface area contributed by atoms with Gasteiger partial charge in [-0.05, 0) is 0 Å². The van der Waals surface area contributed by atoms with E-state index in [0.717, 1.165) is 0 Å². The second kappa shape index (κ2) is 5.26. The monoisotopic (exact) mass is 360 g/mol. The molecule has 19 heavy (non-hydrogen) atoms. The fraction of sp³-hybridized carbons (Fsp3) is 0.571. The second-order valence-electron chi connectivity index (χ2n) is 6.78. The topological polar surface area (TPSA) is 6.48 Å². The van der Waals surface area contributed by atoms with Gasteiger partial charge in [0.2, 0.25) is 0 Å². The maximum absolute atomic E-state index is 6.82. The molecular weight excluding hydrogens is 336 g/mol. The zero-order chi connectivity index (χ0) is 14.4. The Morgan fingerprint density at radius 1 is 0.895 bits per heavy atom. The van der Waals surface area contributed by atoms with Crippen LogP contribution >= 0.6 is 10.0 Å². The summed E-state index contributed by atoms with van der Waals surface area (Å²) in [7, 11) is 6.82. The van der Waals surface area contributed by atoms with Crippen LogP contribution in [0.4, 0.5) is 0 Å². The van der Waals surface area contributed by atoms with Gasteiger partial charge in [-0.1, -0.05) is 0 Å². The molecule has 0 bridgehead atoms. The summed E-state index contributed by atoms with van der Waals surface area (Å²) in [4.78, 5) is 1.38. The molecule has 1 radical (unpaired) electrons. The van der Waals surface area contributed by atoms with Crippen molar-refractivity contribution >= 4 is 35.1 Å². The van der Waals surface area contributed by atoms with Crippen LogP contribution in [0.3, 0.4) is 0 Å². The van der Waals surface area contributed by atoms with Gasteiger partial charge in [0.25, 0.3) is 0 Å². The fourth-order valence-corrected chi connectivity index (χ4v) is 15.8. The van der Waals surface area contributed by atoms with E-state index in [9.17, 15) is 0 Å². The predicted octanol–water partition coefficient (Wildman–Crippen LogP) is 3.93. The third-order valence-electron chi connectivity index (χ3n) is 2.85. The molecule has 1 fully saturated rings. The molecule has 1 heterocycles. The summed E-state index contributed by atoms with van der Waals surface area (Å²) < 4.78 is 5.13. The Balaban J connectivity index is 2.39. The van der Waals surface area contributed by atoms with Gasteiger partial charge in [0, 0.05) is 0 Å². The SMILES string of the molecule is CC(C)(C)[N]1[S+](c2ccccc2)[N](C(C)(C)C)[Ge]1[Cl]. The summed E-state index contributed by atoms with van der Waals surface area (Å²) in [6.07, 6.45) is 0. The number of hydrogen-bond donors (Lipinski definition) is 0. The molecule has 105 valence electrons. The Morgan fingerprint density at radius 2 is 1.32 bits per heavy atom. The van der Waals surface area contributed by atoms with Gasteiger partial charge in [-0.15, -0.1) is 0 Å². The van der Waals surface area contributed by atoms with Gasteiger partial charge in [0.1, 0.15) is 0 Å². The first-order chi connectivity index (χ1) is 8.64. The zero-order valence-electron chi connectivity index (χ0n) is 12.6. The molecule has 1 aromatic rings. The van der Waals surface area contributed by atoms with Crippen molar-refractivity contribution < 1.29 is 0 Å². The van der Waals surface area contributed by atoms with Crippen molar-refractivity contribution in [1.82, 2.24) is 6.52 Å². The first-order valence-electron chi connectivity index (χ1n) is 6.56. The van der Waals surface area contributed by atoms with E-state index >= 15 is 0 Å². The molecular formula is C14H23ClGeN2S+. The van der Waals surface area contributed by atoms with E-state index in [-0.39, 0.29) is 22.3 Å². The van der Waals surface area contributed by atoms with Crippen LogP contribution in [0.25, 0.3) is 0 Å². The van der Waals surface area contributed by atoms with Gasteiger partial charge in [-0.3, -0.25) is 0 Å². The van der Waals surface area contributed by atoms with Crippen LogP contribution in [-0.2, 0) is 11.3 Å². The van der Waals surface area contributed by atoms with Crippen LogP contribution in [0.15, 0.2) is 35.2 Å². The minimum atomic E-state index is -1.82. The van der Waals surface area contributed by atoms with Crippen molar-refractivity contribution in [3.8, 4) is 0 Å². The average molecular weight is 359 g/mol. The van der Waals surface area contributed by atoms with Crippen molar-refractivity contribution in [2.75, 3.05) is 0 Å². The van der Waals surface area contributed by atoms with Gasteiger partial charge in [0.05, 0.1) is 0 Å². The number of benzene rings is 1. The normalized spacial score (nSPS) is 20.6. The minimum absolute atomic E-state index is 0.00438. The zero-order valence-corrected chi connectivity index (χ0v) is 16.2. The molecule has 1 aromatic carbocycles. The van der Waals surface area contributed by atoms with Crippen molar-refractivity contribution in [2.45, 2.75) is 57.5 Å². The van der Waals surface area contributed by atoms with Gasteiger partial charge in [-0.25, -0.2) is 0 Å². The number of halogens is 1. The Morgan fingerprint density at radius 3 is 1.68 bits per heavy atom. The van der Waals surface area contributed by atoms with E-state index in [4.69, 9.17) is 10.0 Å². The summed E-state index contributed by atoms with van der Waals surface area (Å²) in [5, 5.41) is 0. The molecule has 1 aliphatic rings. The molecule has 0 aromatic heterocycles. The van der Waals surface area contributed by atoms with Gasteiger partial charge in [0.15, 0.2) is 0 Å². The molecule has 0 unspecified atom stereocenters. The second-order valence-corrected chi connectivity index (χ2v) is 14.6. The molecule has 1 saturated heterocycles. The van der Waals surface area contributed by atoms with Crippen molar-refractivity contribution in [1.29, 1.82) is 0 Å². The van der Waals surface area contributed by atoms with Gasteiger partial charge in [-0.2, -0.15) is 0 Å². The van der Waals surface area contributed by atoms with E-state index in [2.05, 4.69) is 78.4 Å². The molecule has 0 spiro atoms. The summed E-state index contributed by atoms with van der Waals surface area (Å²) >= 11 is -1.82. The molecule has 5 heteroatoms. The van der Waals surface area contributed by atoms with E-state index in [1.54, 1.807) is 0 Å². The molecule has 0 amide bonds. The first-order valence-corrected chi connectivity index (χ1v) is 12.3. The molecule has 2 nitrogen and oxygen atoms in total. The molecule has 0 saturated carbocycles.